The van der Waals surface area contributed by atoms with Gasteiger partial charge in [-0.2, -0.15) is 0 Å². The predicted molar refractivity (Wildman–Crippen MR) is 98.5 cm³/mol. The molecule has 1 aliphatic rings. The van der Waals surface area contributed by atoms with Gasteiger partial charge in [-0.05, 0) is 25.0 Å². The van der Waals surface area contributed by atoms with Crippen molar-refractivity contribution in [2.45, 2.75) is 19.7 Å². The number of hydrogen-bond acceptors (Lipinski definition) is 9. The molecular weight excluding hydrogens is 308 g/mol. The monoisotopic (exact) mass is 330 g/mol. The molecule has 0 fully saturated rings. The second-order valence-electron chi connectivity index (χ2n) is 6.08. The Bertz CT molecular complexity index is 904. The van der Waals surface area contributed by atoms with Crippen molar-refractivity contribution >= 4 is 34.1 Å². The highest BCUT2D eigenvalue weighted by Gasteiger charge is 2.41. The van der Waals surface area contributed by atoms with Crippen LogP contribution >= 0.6 is 0 Å². The van der Waals surface area contributed by atoms with Crippen LogP contribution < -0.4 is 50.6 Å². The normalized spacial score (nSPS) is 14.7. The summed E-state index contributed by atoms with van der Waals surface area (Å²) >= 11 is 0. The lowest BCUT2D eigenvalue weighted by atomic mass is 9.85. The number of nitrogen functional groups attached to an aromatic ring is 6. The Morgan fingerprint density at radius 2 is 1.08 bits per heavy atom. The zero-order valence-corrected chi connectivity index (χ0v) is 13.5. The number of fused-ring (bicyclic) bond motifs is 3. The average molecular weight is 330 g/mol. The first kappa shape index (κ1) is 15.8. The quantitative estimate of drug-likeness (QED) is 0.238. The lowest BCUT2D eigenvalue weighted by Gasteiger charge is -2.38. The van der Waals surface area contributed by atoms with Gasteiger partial charge in [-0.15, -0.1) is 0 Å². The van der Waals surface area contributed by atoms with Crippen molar-refractivity contribution in [3.8, 4) is 16.9 Å². The third-order valence-corrected chi connectivity index (χ3v) is 4.64. The van der Waals surface area contributed by atoms with Crippen molar-refractivity contribution in [3.63, 3.8) is 0 Å². The molecular formula is C15H22N8O. The van der Waals surface area contributed by atoms with Crippen LogP contribution in [0.3, 0.4) is 0 Å². The van der Waals surface area contributed by atoms with Crippen LogP contribution in [0.4, 0.5) is 34.1 Å². The molecule has 24 heavy (non-hydrogen) atoms. The maximum absolute atomic E-state index is 6.29. The first-order valence-electron chi connectivity index (χ1n) is 7.22. The van der Waals surface area contributed by atoms with E-state index in [2.05, 4.69) is 0 Å². The van der Waals surface area contributed by atoms with Crippen LogP contribution in [0.5, 0.6) is 5.75 Å². The van der Waals surface area contributed by atoms with E-state index in [1.165, 1.54) is 0 Å². The summed E-state index contributed by atoms with van der Waals surface area (Å²) in [6.45, 7) is 3.49. The Kier molecular flexibility index (Phi) is 2.97. The molecule has 0 aromatic heterocycles. The summed E-state index contributed by atoms with van der Waals surface area (Å²) in [5.41, 5.74) is 53.2. The van der Waals surface area contributed by atoms with Gasteiger partial charge < -0.3 is 39.1 Å². The van der Waals surface area contributed by atoms with Crippen LogP contribution in [0, 0.1) is 13.8 Å². The minimum absolute atomic E-state index is 0.184. The molecule has 128 valence electrons. The Hall–Kier alpha value is -3.04. The molecule has 0 saturated carbocycles. The molecule has 0 saturated heterocycles. The van der Waals surface area contributed by atoms with E-state index < -0.39 is 5.85 Å². The van der Waals surface area contributed by atoms with Gasteiger partial charge in [0.15, 0.2) is 5.75 Å². The van der Waals surface area contributed by atoms with E-state index in [4.69, 9.17) is 50.6 Å². The van der Waals surface area contributed by atoms with Crippen molar-refractivity contribution in [3.05, 3.63) is 16.7 Å². The molecule has 0 aliphatic carbocycles. The van der Waals surface area contributed by atoms with Gasteiger partial charge in [0.2, 0.25) is 5.85 Å². The number of ether oxygens (including phenoxy) is 1. The van der Waals surface area contributed by atoms with Crippen LogP contribution in [-0.4, -0.2) is 0 Å². The van der Waals surface area contributed by atoms with Gasteiger partial charge in [-0.3, -0.25) is 11.5 Å². The molecule has 9 heteroatoms. The van der Waals surface area contributed by atoms with E-state index in [1.54, 1.807) is 13.8 Å². The second-order valence-corrected chi connectivity index (χ2v) is 6.08. The van der Waals surface area contributed by atoms with E-state index in [9.17, 15) is 0 Å². The summed E-state index contributed by atoms with van der Waals surface area (Å²) in [6, 6.07) is 0. The SMILES string of the molecule is Cc1c(N)c(N)c2c(c1N)-c1c(N)c(C)c(N)c(N)c1C(N)(N)O2. The Morgan fingerprint density at radius 1 is 0.625 bits per heavy atom. The van der Waals surface area contributed by atoms with Crippen molar-refractivity contribution in [1.82, 2.24) is 0 Å². The van der Waals surface area contributed by atoms with E-state index in [0.717, 1.165) is 0 Å². The summed E-state index contributed by atoms with van der Waals surface area (Å²) in [5, 5.41) is 0. The molecule has 0 atom stereocenters. The molecule has 2 aromatic carbocycles. The Labute approximate surface area is 138 Å². The molecule has 0 unspecified atom stereocenters. The molecule has 0 amide bonds. The topological polar surface area (TPSA) is 217 Å². The summed E-state index contributed by atoms with van der Waals surface area (Å²) < 4.78 is 5.70. The number of anilines is 6. The Balaban J connectivity index is 2.60. The molecule has 0 spiro atoms. The molecule has 1 heterocycles. The fourth-order valence-electron chi connectivity index (χ4n) is 3.09. The molecule has 1 aliphatic heterocycles. The Morgan fingerprint density at radius 3 is 1.62 bits per heavy atom. The maximum Gasteiger partial charge on any atom is 0.242 e. The lowest BCUT2D eigenvalue weighted by molar-refractivity contribution is 0.0799. The third-order valence-electron chi connectivity index (χ3n) is 4.64. The number of nitrogens with two attached hydrogens (primary N) is 8. The lowest BCUT2D eigenvalue weighted by Crippen LogP contribution is -2.54. The summed E-state index contributed by atoms with van der Waals surface area (Å²) in [7, 11) is 0. The average Bonchev–Trinajstić information content (AvgIpc) is 2.52. The fraction of sp³-hybridized carbons (Fsp3) is 0.200. The highest BCUT2D eigenvalue weighted by Crippen LogP contribution is 2.56. The number of hydrogen-bond donors (Lipinski definition) is 8. The van der Waals surface area contributed by atoms with Gasteiger partial charge >= 0.3 is 0 Å². The molecule has 0 bridgehead atoms. The minimum atomic E-state index is -1.79. The third kappa shape index (κ3) is 1.70. The molecule has 16 N–H and O–H groups in total. The zero-order valence-electron chi connectivity index (χ0n) is 13.5. The van der Waals surface area contributed by atoms with Crippen LogP contribution in [0.15, 0.2) is 0 Å². The fourth-order valence-corrected chi connectivity index (χ4v) is 3.09. The van der Waals surface area contributed by atoms with Gasteiger partial charge in [-0.25, -0.2) is 0 Å². The van der Waals surface area contributed by atoms with Gasteiger partial charge in [-0.1, -0.05) is 0 Å². The number of rotatable bonds is 0. The van der Waals surface area contributed by atoms with E-state index in [-0.39, 0.29) is 28.4 Å². The standard InChI is InChI=1S/C15H22N8O/c1-3-8(16)5-6-9(17)4(2)11(19)13(21)14(6)24-15(22,23)7(5)12(20)10(3)18/h16-23H2,1-2H3. The van der Waals surface area contributed by atoms with Gasteiger partial charge in [0.05, 0.1) is 33.9 Å². The minimum Gasteiger partial charge on any atom is -0.453 e. The summed E-state index contributed by atoms with van der Waals surface area (Å²) in [4.78, 5) is 0. The largest absolute Gasteiger partial charge is 0.453 e. The first-order chi connectivity index (χ1) is 11.0. The van der Waals surface area contributed by atoms with Crippen LogP contribution in [0.2, 0.25) is 0 Å². The summed E-state index contributed by atoms with van der Waals surface area (Å²) in [5.74, 6) is -1.60. The van der Waals surface area contributed by atoms with Gasteiger partial charge in [0, 0.05) is 16.9 Å². The first-order valence-corrected chi connectivity index (χ1v) is 7.22. The summed E-state index contributed by atoms with van der Waals surface area (Å²) in [6.07, 6.45) is 0. The van der Waals surface area contributed by atoms with Crippen molar-refractivity contribution in [2.75, 3.05) is 34.4 Å². The maximum atomic E-state index is 6.29. The van der Waals surface area contributed by atoms with Gasteiger partial charge in [0.1, 0.15) is 0 Å². The smallest absolute Gasteiger partial charge is 0.242 e. The van der Waals surface area contributed by atoms with Crippen LogP contribution in [0.25, 0.3) is 11.1 Å². The molecule has 0 radical (unpaired) electrons. The molecule has 3 rings (SSSR count). The highest BCUT2D eigenvalue weighted by atomic mass is 16.5. The number of benzene rings is 2. The van der Waals surface area contributed by atoms with Crippen LogP contribution in [0.1, 0.15) is 16.7 Å². The van der Waals surface area contributed by atoms with Crippen molar-refractivity contribution in [1.29, 1.82) is 0 Å². The predicted octanol–water partition coefficient (Wildman–Crippen LogP) is -0.116. The van der Waals surface area contributed by atoms with Crippen molar-refractivity contribution < 1.29 is 4.74 Å². The van der Waals surface area contributed by atoms with E-state index in [0.29, 0.717) is 39.3 Å². The van der Waals surface area contributed by atoms with Gasteiger partial charge in [0.25, 0.3) is 0 Å². The molecule has 9 nitrogen and oxygen atoms in total. The van der Waals surface area contributed by atoms with E-state index in [1.807, 2.05) is 0 Å². The van der Waals surface area contributed by atoms with Crippen LogP contribution in [-0.2, 0) is 5.85 Å². The zero-order chi connectivity index (χ0) is 18.1. The molecule has 2 aromatic rings. The highest BCUT2D eigenvalue weighted by molar-refractivity contribution is 6.04. The van der Waals surface area contributed by atoms with E-state index >= 15 is 0 Å². The van der Waals surface area contributed by atoms with Crippen molar-refractivity contribution in [2.24, 2.45) is 11.5 Å². The second kappa shape index (κ2) is 4.49.